The van der Waals surface area contributed by atoms with E-state index in [1.807, 2.05) is 20.8 Å². The van der Waals surface area contributed by atoms with Crippen LogP contribution in [0, 0.1) is 0 Å². The fourth-order valence-corrected chi connectivity index (χ4v) is 1.15. The smallest absolute Gasteiger partial charge is 0.334 e. The maximum Gasteiger partial charge on any atom is 0.334 e. The number of carbonyl (C=O) groups is 1. The maximum atomic E-state index is 10.9. The van der Waals surface area contributed by atoms with Crippen LogP contribution in [0.25, 0.3) is 0 Å². The third-order valence-electron chi connectivity index (χ3n) is 1.97. The Labute approximate surface area is 60.9 Å². The summed E-state index contributed by atoms with van der Waals surface area (Å²) in [6.07, 6.45) is 0.789. The van der Waals surface area contributed by atoms with E-state index in [0.717, 1.165) is 17.6 Å². The summed E-state index contributed by atoms with van der Waals surface area (Å²) in [7, 11) is 0. The Hall–Kier alpha value is -0.790. The molecule has 0 bridgehead atoms. The fraction of sp³-hybridized carbons (Fsp3) is 0.625. The number of carbonyl (C=O) groups excluding carboxylic acids is 1. The minimum absolute atomic E-state index is 0.00227. The molecule has 0 aromatic carbocycles. The molecule has 0 spiro atoms. The molecule has 1 heterocycles. The number of ether oxygens (including phenoxy) is 1. The van der Waals surface area contributed by atoms with Crippen molar-refractivity contribution >= 4 is 5.97 Å². The van der Waals surface area contributed by atoms with Gasteiger partial charge < -0.3 is 4.74 Å². The Morgan fingerprint density at radius 2 is 2.20 bits per heavy atom. The number of hydrogen-bond acceptors (Lipinski definition) is 2. The van der Waals surface area contributed by atoms with Crippen LogP contribution in [0.2, 0.25) is 0 Å². The molecule has 10 heavy (non-hydrogen) atoms. The molecule has 0 amide bonds. The predicted molar refractivity (Wildman–Crippen MR) is 38.5 cm³/mol. The van der Waals surface area contributed by atoms with Gasteiger partial charge in [0.15, 0.2) is 0 Å². The predicted octanol–water partition coefficient (Wildman–Crippen LogP) is 1.66. The summed E-state index contributed by atoms with van der Waals surface area (Å²) in [5, 5.41) is 0. The van der Waals surface area contributed by atoms with E-state index >= 15 is 0 Å². The van der Waals surface area contributed by atoms with Gasteiger partial charge in [-0.05, 0) is 25.8 Å². The highest BCUT2D eigenvalue weighted by Crippen LogP contribution is 2.23. The van der Waals surface area contributed by atoms with Gasteiger partial charge in [-0.25, -0.2) is 4.79 Å². The third-order valence-corrected chi connectivity index (χ3v) is 1.97. The lowest BCUT2D eigenvalue weighted by Gasteiger charge is -2.00. The van der Waals surface area contributed by atoms with Crippen molar-refractivity contribution in [3.8, 4) is 0 Å². The highest BCUT2D eigenvalue weighted by molar-refractivity contribution is 5.91. The van der Waals surface area contributed by atoms with Crippen molar-refractivity contribution in [3.05, 3.63) is 11.1 Å². The first kappa shape index (κ1) is 7.32. The molecule has 2 heteroatoms. The minimum atomic E-state index is -0.132. The van der Waals surface area contributed by atoms with Crippen LogP contribution in [-0.4, -0.2) is 12.1 Å². The van der Waals surface area contributed by atoms with Crippen LogP contribution in [0.5, 0.6) is 0 Å². The lowest BCUT2D eigenvalue weighted by Crippen LogP contribution is -2.04. The number of esters is 1. The molecule has 0 saturated heterocycles. The molecule has 0 aromatic heterocycles. The highest BCUT2D eigenvalue weighted by Gasteiger charge is 2.25. The van der Waals surface area contributed by atoms with E-state index < -0.39 is 0 Å². The van der Waals surface area contributed by atoms with Crippen LogP contribution in [0.3, 0.4) is 0 Å². The van der Waals surface area contributed by atoms with Gasteiger partial charge in [-0.3, -0.25) is 0 Å². The molecule has 56 valence electrons. The summed E-state index contributed by atoms with van der Waals surface area (Å²) in [6, 6.07) is 0. The Bertz CT molecular complexity index is 191. The summed E-state index contributed by atoms with van der Waals surface area (Å²) in [4.78, 5) is 10.9. The second-order valence-corrected chi connectivity index (χ2v) is 2.56. The molecule has 1 atom stereocenters. The molecule has 0 aromatic rings. The zero-order chi connectivity index (χ0) is 7.72. The van der Waals surface area contributed by atoms with Crippen LogP contribution in [-0.2, 0) is 9.53 Å². The lowest BCUT2D eigenvalue weighted by molar-refractivity contribution is -0.139. The number of hydrogen-bond donors (Lipinski definition) is 0. The van der Waals surface area contributed by atoms with Crippen molar-refractivity contribution < 1.29 is 9.53 Å². The van der Waals surface area contributed by atoms with E-state index in [9.17, 15) is 4.79 Å². The summed E-state index contributed by atoms with van der Waals surface area (Å²) in [5.74, 6) is -0.132. The third kappa shape index (κ3) is 0.939. The molecule has 0 unspecified atom stereocenters. The second kappa shape index (κ2) is 2.45. The van der Waals surface area contributed by atoms with Gasteiger partial charge in [-0.1, -0.05) is 6.92 Å². The first-order chi connectivity index (χ1) is 4.66. The Kier molecular flexibility index (Phi) is 1.79. The highest BCUT2D eigenvalue weighted by atomic mass is 16.5. The van der Waals surface area contributed by atoms with Gasteiger partial charge in [0.05, 0.1) is 0 Å². The summed E-state index contributed by atoms with van der Waals surface area (Å²) in [5.41, 5.74) is 1.94. The van der Waals surface area contributed by atoms with Crippen LogP contribution < -0.4 is 0 Å². The molecular weight excluding hydrogens is 128 g/mol. The zero-order valence-corrected chi connectivity index (χ0v) is 6.60. The first-order valence-corrected chi connectivity index (χ1v) is 3.57. The first-order valence-electron chi connectivity index (χ1n) is 3.57. The Morgan fingerprint density at radius 1 is 1.60 bits per heavy atom. The van der Waals surface area contributed by atoms with Crippen LogP contribution in [0.4, 0.5) is 0 Å². The lowest BCUT2D eigenvalue weighted by atomic mass is 10.1. The summed E-state index contributed by atoms with van der Waals surface area (Å²) in [6.45, 7) is 5.82. The monoisotopic (exact) mass is 140 g/mol. The quantitative estimate of drug-likeness (QED) is 0.518. The van der Waals surface area contributed by atoms with Crippen molar-refractivity contribution in [2.75, 3.05) is 0 Å². The van der Waals surface area contributed by atoms with Crippen molar-refractivity contribution in [1.82, 2.24) is 0 Å². The van der Waals surface area contributed by atoms with Crippen molar-refractivity contribution in [1.29, 1.82) is 0 Å². The van der Waals surface area contributed by atoms with Crippen molar-refractivity contribution in [3.63, 3.8) is 0 Å². The molecule has 1 aliphatic rings. The van der Waals surface area contributed by atoms with Crippen LogP contribution >= 0.6 is 0 Å². The molecule has 0 radical (unpaired) electrons. The van der Waals surface area contributed by atoms with Gasteiger partial charge in [0.25, 0.3) is 0 Å². The molecule has 0 saturated carbocycles. The van der Waals surface area contributed by atoms with Gasteiger partial charge in [0.1, 0.15) is 6.10 Å². The van der Waals surface area contributed by atoms with Crippen molar-refractivity contribution in [2.45, 2.75) is 33.3 Å². The maximum absolute atomic E-state index is 10.9. The number of cyclic esters (lactones) is 1. The summed E-state index contributed by atoms with van der Waals surface area (Å²) < 4.78 is 4.96. The van der Waals surface area contributed by atoms with Gasteiger partial charge in [-0.2, -0.15) is 0 Å². The van der Waals surface area contributed by atoms with E-state index in [-0.39, 0.29) is 12.1 Å². The molecule has 0 aliphatic carbocycles. The molecule has 2 nitrogen and oxygen atoms in total. The van der Waals surface area contributed by atoms with E-state index in [1.54, 1.807) is 0 Å². The van der Waals surface area contributed by atoms with Gasteiger partial charge in [0.2, 0.25) is 0 Å². The zero-order valence-electron chi connectivity index (χ0n) is 6.60. The SMILES string of the molecule is CCC1=C(C)[C@@H](C)OC1=O. The minimum Gasteiger partial charge on any atom is -0.455 e. The van der Waals surface area contributed by atoms with Gasteiger partial charge in [-0.15, -0.1) is 0 Å². The standard InChI is InChI=1S/C8H12O2/c1-4-7-5(2)6(3)10-8(7)9/h6H,4H2,1-3H3/t6-/m1/s1. The summed E-state index contributed by atoms with van der Waals surface area (Å²) >= 11 is 0. The molecule has 0 N–H and O–H groups in total. The van der Waals surface area contributed by atoms with E-state index in [2.05, 4.69) is 0 Å². The molecule has 1 rings (SSSR count). The average Bonchev–Trinajstić information content (AvgIpc) is 2.09. The topological polar surface area (TPSA) is 26.3 Å². The largest absolute Gasteiger partial charge is 0.455 e. The van der Waals surface area contributed by atoms with Crippen molar-refractivity contribution in [2.24, 2.45) is 0 Å². The van der Waals surface area contributed by atoms with Crippen LogP contribution in [0.15, 0.2) is 11.1 Å². The van der Waals surface area contributed by atoms with Gasteiger partial charge in [0, 0.05) is 5.57 Å². The van der Waals surface area contributed by atoms with E-state index in [0.29, 0.717) is 0 Å². The second-order valence-electron chi connectivity index (χ2n) is 2.56. The molecule has 0 fully saturated rings. The Morgan fingerprint density at radius 3 is 2.40 bits per heavy atom. The van der Waals surface area contributed by atoms with Gasteiger partial charge >= 0.3 is 5.97 Å². The molecular formula is C8H12O2. The van der Waals surface area contributed by atoms with E-state index in [4.69, 9.17) is 4.74 Å². The molecule has 1 aliphatic heterocycles. The van der Waals surface area contributed by atoms with E-state index in [1.165, 1.54) is 0 Å². The normalized spacial score (nSPS) is 25.5. The average molecular weight is 140 g/mol. The fourth-order valence-electron chi connectivity index (χ4n) is 1.15. The Balaban J connectivity index is 2.90. The van der Waals surface area contributed by atoms with Crippen LogP contribution in [0.1, 0.15) is 27.2 Å². The number of rotatable bonds is 1.